The van der Waals surface area contributed by atoms with Crippen molar-refractivity contribution in [3.05, 3.63) is 59.2 Å². The van der Waals surface area contributed by atoms with Crippen molar-refractivity contribution in [1.82, 2.24) is 4.90 Å². The number of hydrogen-bond acceptors (Lipinski definition) is 3. The Labute approximate surface area is 194 Å². The molecule has 33 heavy (non-hydrogen) atoms. The molecular weight excluding hydrogens is 436 g/mol. The number of alkyl halides is 4. The Morgan fingerprint density at radius 3 is 2.45 bits per heavy atom. The molecule has 0 spiro atoms. The number of methoxy groups -OCH3 is 1. The number of aliphatic imine (C=N–C) groups is 1. The second kappa shape index (κ2) is 12.0. The van der Waals surface area contributed by atoms with Crippen LogP contribution in [0.1, 0.15) is 38.3 Å². The number of halogens is 4. The number of allylic oxidation sites excluding steroid dienone is 3. The van der Waals surface area contributed by atoms with Crippen LogP contribution in [0.5, 0.6) is 5.75 Å². The van der Waals surface area contributed by atoms with Crippen LogP contribution in [-0.2, 0) is 5.60 Å². The topological polar surface area (TPSA) is 45.1 Å². The first-order valence-electron chi connectivity index (χ1n) is 10.7. The average molecular weight is 471 g/mol. The van der Waals surface area contributed by atoms with Gasteiger partial charge in [-0.05, 0) is 44.4 Å². The third-order valence-corrected chi connectivity index (χ3v) is 5.58. The summed E-state index contributed by atoms with van der Waals surface area (Å²) in [5.74, 6) is -1.01. The van der Waals surface area contributed by atoms with Gasteiger partial charge in [0.05, 0.1) is 25.8 Å². The van der Waals surface area contributed by atoms with E-state index in [0.717, 1.165) is 0 Å². The van der Waals surface area contributed by atoms with Crippen LogP contribution >= 0.6 is 0 Å². The smallest absolute Gasteiger partial charge is 0.425 e. The second-order valence-corrected chi connectivity index (χ2v) is 7.94. The fraction of sp³-hybridized carbons (Fsp3) is 0.480. The maximum atomic E-state index is 14.6. The highest BCUT2D eigenvalue weighted by atomic mass is 19.4. The van der Waals surface area contributed by atoms with Gasteiger partial charge in [0.15, 0.2) is 0 Å². The number of ether oxygens (including phenoxy) is 1. The molecule has 0 radical (unpaired) electrons. The number of hydrogen-bond donors (Lipinski definition) is 1. The third kappa shape index (κ3) is 6.47. The molecule has 0 amide bonds. The molecule has 1 rings (SSSR count). The van der Waals surface area contributed by atoms with Crippen molar-refractivity contribution in [2.45, 2.75) is 45.9 Å². The van der Waals surface area contributed by atoms with Gasteiger partial charge in [-0.25, -0.2) is 4.99 Å². The summed E-state index contributed by atoms with van der Waals surface area (Å²) in [6.45, 7) is 9.79. The van der Waals surface area contributed by atoms with Crippen molar-refractivity contribution in [3.63, 3.8) is 0 Å². The Hall–Kier alpha value is -2.61. The van der Waals surface area contributed by atoms with Gasteiger partial charge in [0.2, 0.25) is 5.60 Å². The highest BCUT2D eigenvalue weighted by Gasteiger charge is 2.59. The lowest BCUT2D eigenvalue weighted by Gasteiger charge is -2.35. The maximum absolute atomic E-state index is 14.6. The summed E-state index contributed by atoms with van der Waals surface area (Å²) < 4.78 is 62.5. The molecule has 0 heterocycles. The van der Waals surface area contributed by atoms with Crippen LogP contribution in [0.2, 0.25) is 0 Å². The first-order valence-corrected chi connectivity index (χ1v) is 10.7. The lowest BCUT2D eigenvalue weighted by molar-refractivity contribution is -0.249. The SMILES string of the molecule is C=CC/C=C\C(=C(\C)C(C)CF)C(O)(c1cc(C)c(/N=C/N(C)CC)cc1OC)C(F)(F)F. The first-order chi connectivity index (χ1) is 15.4. The summed E-state index contributed by atoms with van der Waals surface area (Å²) in [7, 11) is 3.04. The fourth-order valence-electron chi connectivity index (χ4n) is 3.16. The first kappa shape index (κ1) is 28.4. The number of aliphatic hydroxyl groups is 1. The van der Waals surface area contributed by atoms with E-state index < -0.39 is 35.5 Å². The minimum absolute atomic E-state index is 0.0870. The number of nitrogens with zero attached hydrogens (tertiary/aromatic N) is 2. The quantitative estimate of drug-likeness (QED) is 0.133. The van der Waals surface area contributed by atoms with Crippen molar-refractivity contribution in [3.8, 4) is 5.75 Å². The van der Waals surface area contributed by atoms with Gasteiger partial charge in [0, 0.05) is 31.1 Å². The molecule has 0 aliphatic heterocycles. The van der Waals surface area contributed by atoms with Crippen molar-refractivity contribution in [1.29, 1.82) is 0 Å². The maximum Gasteiger partial charge on any atom is 0.425 e. The highest BCUT2D eigenvalue weighted by Crippen LogP contribution is 2.50. The summed E-state index contributed by atoms with van der Waals surface area (Å²) >= 11 is 0. The lowest BCUT2D eigenvalue weighted by atomic mass is 9.79. The van der Waals surface area contributed by atoms with Crippen LogP contribution in [0.25, 0.3) is 0 Å². The Kier molecular flexibility index (Phi) is 10.4. The zero-order valence-electron chi connectivity index (χ0n) is 20.1. The van der Waals surface area contributed by atoms with Crippen LogP contribution in [0.15, 0.2) is 53.1 Å². The number of benzene rings is 1. The molecule has 2 unspecified atom stereocenters. The number of aryl methyl sites for hydroxylation is 1. The van der Waals surface area contributed by atoms with Crippen LogP contribution in [-0.4, -0.2) is 49.9 Å². The van der Waals surface area contributed by atoms with Crippen molar-refractivity contribution in [2.75, 3.05) is 27.4 Å². The minimum atomic E-state index is -5.12. The summed E-state index contributed by atoms with van der Waals surface area (Å²) in [4.78, 5) is 6.13. The Morgan fingerprint density at radius 1 is 1.33 bits per heavy atom. The van der Waals surface area contributed by atoms with Crippen LogP contribution in [0.4, 0.5) is 23.2 Å². The van der Waals surface area contributed by atoms with E-state index in [-0.39, 0.29) is 17.7 Å². The van der Waals surface area contributed by atoms with Crippen molar-refractivity contribution in [2.24, 2.45) is 10.9 Å². The van der Waals surface area contributed by atoms with Crippen LogP contribution in [0, 0.1) is 12.8 Å². The Morgan fingerprint density at radius 2 is 1.97 bits per heavy atom. The van der Waals surface area contributed by atoms with Gasteiger partial charge in [-0.3, -0.25) is 4.39 Å². The summed E-state index contributed by atoms with van der Waals surface area (Å²) in [5.41, 5.74) is -3.45. The summed E-state index contributed by atoms with van der Waals surface area (Å²) in [5, 5.41) is 11.4. The van der Waals surface area contributed by atoms with E-state index in [1.807, 2.05) is 14.0 Å². The van der Waals surface area contributed by atoms with E-state index in [9.17, 15) is 22.7 Å². The molecule has 2 atom stereocenters. The van der Waals surface area contributed by atoms with Crippen LogP contribution < -0.4 is 4.74 Å². The molecule has 1 N–H and O–H groups in total. The van der Waals surface area contributed by atoms with Gasteiger partial charge in [0.1, 0.15) is 5.75 Å². The molecule has 0 fully saturated rings. The predicted octanol–water partition coefficient (Wildman–Crippen LogP) is 6.42. The standard InChI is InChI=1S/C25H34F4N2O2/c1-8-10-11-12-20(19(5)18(4)15-26)24(32,25(27,28)29)21-13-17(3)22(14-23(21)33-7)30-16-31(6)9-2/h8,11-14,16,18,32H,1,9-10,15H2,2-7H3/b12-11-,20-19+,30-16+. The summed E-state index contributed by atoms with van der Waals surface area (Å²) in [6.07, 6.45) is 0.877. The molecule has 184 valence electrons. The zero-order chi connectivity index (χ0) is 25.4. The Balaban J connectivity index is 3.95. The van der Waals surface area contributed by atoms with Gasteiger partial charge in [-0.1, -0.05) is 30.7 Å². The van der Waals surface area contributed by atoms with Crippen LogP contribution in [0.3, 0.4) is 0 Å². The van der Waals surface area contributed by atoms with Gasteiger partial charge in [0.25, 0.3) is 0 Å². The van der Waals surface area contributed by atoms with Crippen molar-refractivity contribution < 1.29 is 27.4 Å². The lowest BCUT2D eigenvalue weighted by Crippen LogP contribution is -2.45. The normalized spacial score (nSPS) is 16.0. The molecule has 8 heteroatoms. The van der Waals surface area contributed by atoms with Gasteiger partial charge >= 0.3 is 6.18 Å². The van der Waals surface area contributed by atoms with E-state index >= 15 is 0 Å². The fourth-order valence-corrected chi connectivity index (χ4v) is 3.16. The van der Waals surface area contributed by atoms with E-state index in [4.69, 9.17) is 4.74 Å². The van der Waals surface area contributed by atoms with E-state index in [1.54, 1.807) is 18.2 Å². The van der Waals surface area contributed by atoms with E-state index in [1.165, 1.54) is 51.3 Å². The molecule has 0 saturated carbocycles. The summed E-state index contributed by atoms with van der Waals surface area (Å²) in [6, 6.07) is 2.58. The number of rotatable bonds is 11. The Bertz CT molecular complexity index is 906. The van der Waals surface area contributed by atoms with E-state index in [2.05, 4.69) is 11.6 Å². The molecule has 0 bridgehead atoms. The largest absolute Gasteiger partial charge is 0.496 e. The van der Waals surface area contributed by atoms with Gasteiger partial charge < -0.3 is 14.7 Å². The molecule has 4 nitrogen and oxygen atoms in total. The molecule has 0 saturated heterocycles. The molecular formula is C25H34F4N2O2. The third-order valence-electron chi connectivity index (χ3n) is 5.58. The highest BCUT2D eigenvalue weighted by molar-refractivity contribution is 5.66. The molecule has 1 aromatic carbocycles. The predicted molar refractivity (Wildman–Crippen MR) is 126 cm³/mol. The monoisotopic (exact) mass is 470 g/mol. The molecule has 0 aromatic heterocycles. The van der Waals surface area contributed by atoms with E-state index in [0.29, 0.717) is 17.8 Å². The van der Waals surface area contributed by atoms with Gasteiger partial charge in [-0.15, -0.1) is 6.58 Å². The minimum Gasteiger partial charge on any atom is -0.496 e. The zero-order valence-corrected chi connectivity index (χ0v) is 20.1. The van der Waals surface area contributed by atoms with Gasteiger partial charge in [-0.2, -0.15) is 13.2 Å². The molecule has 0 aliphatic rings. The average Bonchev–Trinajstić information content (AvgIpc) is 2.78. The van der Waals surface area contributed by atoms with Crippen molar-refractivity contribution >= 4 is 12.0 Å². The molecule has 0 aliphatic carbocycles. The molecule has 1 aromatic rings. The second-order valence-electron chi connectivity index (χ2n) is 7.94.